The summed E-state index contributed by atoms with van der Waals surface area (Å²) in [5, 5.41) is 29.7. The SMILES string of the molecule is CC(=O)O.CC(=O)O.CC(=O)O.CC(=O)O.Cc1cccc(S(=O)(=O)[O-])c1C.[Na+]. The van der Waals surface area contributed by atoms with Crippen molar-refractivity contribution in [1.29, 1.82) is 0 Å². The first kappa shape index (κ1) is 37.7. The Hall–Kier alpha value is -1.99. The fourth-order valence-corrected chi connectivity index (χ4v) is 1.78. The van der Waals surface area contributed by atoms with Crippen LogP contribution in [-0.2, 0) is 29.3 Å². The number of hydrogen-bond donors (Lipinski definition) is 4. The van der Waals surface area contributed by atoms with Gasteiger partial charge in [0.25, 0.3) is 23.9 Å². The van der Waals surface area contributed by atoms with Crippen molar-refractivity contribution in [3.63, 3.8) is 0 Å². The summed E-state index contributed by atoms with van der Waals surface area (Å²) in [4.78, 5) is 35.9. The molecule has 13 heteroatoms. The van der Waals surface area contributed by atoms with Crippen LogP contribution in [0.5, 0.6) is 0 Å². The minimum Gasteiger partial charge on any atom is -0.744 e. The Balaban J connectivity index is -0.0000000949. The molecule has 1 aromatic rings. The summed E-state index contributed by atoms with van der Waals surface area (Å²) in [6.07, 6.45) is 0. The van der Waals surface area contributed by atoms with Crippen molar-refractivity contribution < 1.29 is 82.1 Å². The summed E-state index contributed by atoms with van der Waals surface area (Å²) < 4.78 is 32.0. The minimum atomic E-state index is -4.31. The van der Waals surface area contributed by atoms with Crippen molar-refractivity contribution in [1.82, 2.24) is 0 Å². The second kappa shape index (κ2) is 20.7. The van der Waals surface area contributed by atoms with Crippen molar-refractivity contribution in [3.8, 4) is 0 Å². The molecule has 0 saturated carbocycles. The maximum absolute atomic E-state index is 10.7. The van der Waals surface area contributed by atoms with Crippen LogP contribution in [0.25, 0.3) is 0 Å². The van der Waals surface area contributed by atoms with Crippen molar-refractivity contribution in [2.45, 2.75) is 46.4 Å². The summed E-state index contributed by atoms with van der Waals surface area (Å²) in [6.45, 7) is 7.73. The molecule has 0 fully saturated rings. The second-order valence-corrected chi connectivity index (χ2v) is 6.08. The van der Waals surface area contributed by atoms with E-state index in [4.69, 9.17) is 39.6 Å². The molecule has 11 nitrogen and oxygen atoms in total. The topological polar surface area (TPSA) is 206 Å². The molecule has 0 aliphatic carbocycles. The molecular formula is C16H25NaO11S. The first-order chi connectivity index (χ1) is 12.4. The molecule has 29 heavy (non-hydrogen) atoms. The molecule has 0 radical (unpaired) electrons. The molecule has 162 valence electrons. The molecule has 0 saturated heterocycles. The van der Waals surface area contributed by atoms with Crippen LogP contribution in [0.4, 0.5) is 0 Å². The van der Waals surface area contributed by atoms with Crippen molar-refractivity contribution in [2.24, 2.45) is 0 Å². The molecule has 1 aromatic carbocycles. The van der Waals surface area contributed by atoms with Crippen LogP contribution in [0.15, 0.2) is 23.1 Å². The van der Waals surface area contributed by atoms with E-state index >= 15 is 0 Å². The van der Waals surface area contributed by atoms with E-state index in [1.807, 2.05) is 0 Å². The maximum Gasteiger partial charge on any atom is 1.00 e. The first-order valence-corrected chi connectivity index (χ1v) is 8.57. The quantitative estimate of drug-likeness (QED) is 0.289. The number of hydrogen-bond acceptors (Lipinski definition) is 7. The third-order valence-corrected chi connectivity index (χ3v) is 2.81. The molecule has 1 rings (SSSR count). The predicted octanol–water partition coefficient (Wildman–Crippen LogP) is -1.42. The number of carboxylic acid groups (broad SMARTS) is 4. The van der Waals surface area contributed by atoms with Crippen LogP contribution in [-0.4, -0.2) is 57.3 Å². The van der Waals surface area contributed by atoms with E-state index in [0.29, 0.717) is 5.56 Å². The van der Waals surface area contributed by atoms with E-state index in [-0.39, 0.29) is 34.5 Å². The van der Waals surface area contributed by atoms with Crippen LogP contribution >= 0.6 is 0 Å². The molecule has 0 atom stereocenters. The van der Waals surface area contributed by atoms with Gasteiger partial charge in [0, 0.05) is 27.7 Å². The second-order valence-electron chi connectivity index (χ2n) is 4.73. The molecule has 4 N–H and O–H groups in total. The van der Waals surface area contributed by atoms with Gasteiger partial charge in [0.1, 0.15) is 10.1 Å². The summed E-state index contributed by atoms with van der Waals surface area (Å²) in [5.41, 5.74) is 1.35. The van der Waals surface area contributed by atoms with Crippen LogP contribution < -0.4 is 29.6 Å². The van der Waals surface area contributed by atoms with Gasteiger partial charge in [-0.25, -0.2) is 8.42 Å². The van der Waals surface area contributed by atoms with Crippen LogP contribution in [0, 0.1) is 13.8 Å². The zero-order valence-corrected chi connectivity index (χ0v) is 20.1. The van der Waals surface area contributed by atoms with Crippen molar-refractivity contribution >= 4 is 34.0 Å². The fraction of sp³-hybridized carbons (Fsp3) is 0.375. The Morgan fingerprint density at radius 3 is 1.17 bits per heavy atom. The Morgan fingerprint density at radius 1 is 0.759 bits per heavy atom. The zero-order valence-electron chi connectivity index (χ0n) is 17.3. The minimum absolute atomic E-state index is 0. The number of rotatable bonds is 1. The van der Waals surface area contributed by atoms with Gasteiger partial charge >= 0.3 is 29.6 Å². The van der Waals surface area contributed by atoms with Crippen LogP contribution in [0.2, 0.25) is 0 Å². The fourth-order valence-electron chi connectivity index (χ4n) is 0.995. The molecule has 0 spiro atoms. The number of benzene rings is 1. The Bertz CT molecular complexity index is 679. The van der Waals surface area contributed by atoms with Crippen molar-refractivity contribution in [2.75, 3.05) is 0 Å². The zero-order chi connectivity index (χ0) is 23.7. The monoisotopic (exact) mass is 448 g/mol. The molecule has 0 aliphatic heterocycles. The van der Waals surface area contributed by atoms with Gasteiger partial charge in [-0.15, -0.1) is 0 Å². The van der Waals surface area contributed by atoms with Gasteiger partial charge in [-0.1, -0.05) is 12.1 Å². The summed E-state index contributed by atoms with van der Waals surface area (Å²) in [5.74, 6) is -3.33. The Kier molecular flexibility index (Phi) is 27.0. The van der Waals surface area contributed by atoms with Gasteiger partial charge in [0.15, 0.2) is 0 Å². The van der Waals surface area contributed by atoms with E-state index < -0.39 is 34.0 Å². The van der Waals surface area contributed by atoms with E-state index in [1.165, 1.54) is 6.07 Å². The van der Waals surface area contributed by atoms with E-state index in [2.05, 4.69) is 0 Å². The summed E-state index contributed by atoms with van der Waals surface area (Å²) >= 11 is 0. The van der Waals surface area contributed by atoms with E-state index in [1.54, 1.807) is 26.0 Å². The predicted molar refractivity (Wildman–Crippen MR) is 97.1 cm³/mol. The largest absolute Gasteiger partial charge is 1.00 e. The number of carbonyl (C=O) groups is 4. The average molecular weight is 448 g/mol. The molecular weight excluding hydrogens is 423 g/mol. The van der Waals surface area contributed by atoms with Gasteiger partial charge < -0.3 is 25.0 Å². The van der Waals surface area contributed by atoms with E-state index in [0.717, 1.165) is 33.3 Å². The van der Waals surface area contributed by atoms with Crippen LogP contribution in [0.3, 0.4) is 0 Å². The molecule has 0 heterocycles. The first-order valence-electron chi connectivity index (χ1n) is 7.16. The molecule has 0 aromatic heterocycles. The Morgan fingerprint density at radius 2 is 1.00 bits per heavy atom. The van der Waals surface area contributed by atoms with E-state index in [9.17, 15) is 13.0 Å². The maximum atomic E-state index is 10.7. The van der Waals surface area contributed by atoms with Crippen LogP contribution in [0.1, 0.15) is 38.8 Å². The van der Waals surface area contributed by atoms with Gasteiger partial charge in [-0.2, -0.15) is 0 Å². The van der Waals surface area contributed by atoms with Gasteiger partial charge in [0.05, 0.1) is 4.90 Å². The van der Waals surface area contributed by atoms with Gasteiger partial charge in [-0.05, 0) is 31.0 Å². The number of aryl methyl sites for hydroxylation is 1. The normalized spacial score (nSPS) is 8.24. The summed E-state index contributed by atoms with van der Waals surface area (Å²) in [7, 11) is -4.31. The third kappa shape index (κ3) is 46.2. The standard InChI is InChI=1S/C8H10O3S.4C2H4O2.Na/c1-6-4-3-5-8(7(6)2)12(9,10)11;4*1-2(3)4;/h3-5H,1-2H3,(H,9,10,11);4*1H3,(H,3,4);/q;;;;;+1/p-1. The number of aliphatic carboxylic acids is 4. The molecule has 0 amide bonds. The smallest absolute Gasteiger partial charge is 0.744 e. The van der Waals surface area contributed by atoms with Gasteiger partial charge in [0.2, 0.25) is 0 Å². The summed E-state index contributed by atoms with van der Waals surface area (Å²) in [6, 6.07) is 4.65. The van der Waals surface area contributed by atoms with Gasteiger partial charge in [-0.3, -0.25) is 19.2 Å². The molecule has 0 bridgehead atoms. The number of carboxylic acids is 4. The Labute approximate surface area is 191 Å². The third-order valence-electron chi connectivity index (χ3n) is 1.82. The average Bonchev–Trinajstić information content (AvgIpc) is 2.37. The molecule has 0 aliphatic rings. The molecule has 0 unspecified atom stereocenters. The van der Waals surface area contributed by atoms with Crippen molar-refractivity contribution in [3.05, 3.63) is 29.3 Å².